The summed E-state index contributed by atoms with van der Waals surface area (Å²) in [6, 6.07) is 0. The van der Waals surface area contributed by atoms with Gasteiger partial charge in [0.2, 0.25) is 0 Å². The molecule has 0 bridgehead atoms. The van der Waals surface area contributed by atoms with E-state index in [0.717, 1.165) is 37.1 Å². The van der Waals surface area contributed by atoms with Gasteiger partial charge < -0.3 is 18.8 Å². The first-order chi connectivity index (χ1) is 9.77. The SMILES string of the molecule is C=CC(B1OC(C)(C)C(C)(C)O1)=C(C)OC1CCCCO1. The molecular formula is C16H27BO4. The largest absolute Gasteiger partial charge is 0.498 e. The standard InChI is InChI=1S/C16H27BO4/c1-7-13(12(2)19-14-10-8-9-11-18-14)17-20-15(3,4)16(5,6)21-17/h7,14H,1,8-11H2,2-6H3. The highest BCUT2D eigenvalue weighted by Crippen LogP contribution is 2.39. The van der Waals surface area contributed by atoms with E-state index in [-0.39, 0.29) is 17.5 Å². The smallest absolute Gasteiger partial charge is 0.470 e. The topological polar surface area (TPSA) is 36.9 Å². The average molecular weight is 294 g/mol. The van der Waals surface area contributed by atoms with Gasteiger partial charge >= 0.3 is 7.12 Å². The van der Waals surface area contributed by atoms with Crippen molar-refractivity contribution in [3.8, 4) is 0 Å². The lowest BCUT2D eigenvalue weighted by atomic mass is 9.77. The Morgan fingerprint density at radius 2 is 1.81 bits per heavy atom. The molecule has 0 aromatic rings. The molecule has 2 heterocycles. The third-order valence-electron chi connectivity index (χ3n) is 4.58. The van der Waals surface area contributed by atoms with Gasteiger partial charge in [-0.1, -0.05) is 12.7 Å². The Kier molecular flexibility index (Phi) is 4.86. The fourth-order valence-electron chi connectivity index (χ4n) is 2.45. The zero-order valence-electron chi connectivity index (χ0n) is 13.9. The summed E-state index contributed by atoms with van der Waals surface area (Å²) in [5, 5.41) is 0. The van der Waals surface area contributed by atoms with Crippen LogP contribution in [-0.2, 0) is 18.8 Å². The summed E-state index contributed by atoms with van der Waals surface area (Å²) >= 11 is 0. The van der Waals surface area contributed by atoms with Gasteiger partial charge in [-0.05, 0) is 47.5 Å². The van der Waals surface area contributed by atoms with Crippen molar-refractivity contribution in [2.45, 2.75) is 71.4 Å². The first kappa shape index (κ1) is 16.6. The van der Waals surface area contributed by atoms with Gasteiger partial charge in [0.05, 0.1) is 23.6 Å². The van der Waals surface area contributed by atoms with Gasteiger partial charge in [0.25, 0.3) is 0 Å². The van der Waals surface area contributed by atoms with E-state index in [1.807, 2.05) is 34.6 Å². The summed E-state index contributed by atoms with van der Waals surface area (Å²) in [4.78, 5) is 0. The van der Waals surface area contributed by atoms with E-state index in [1.54, 1.807) is 6.08 Å². The summed E-state index contributed by atoms with van der Waals surface area (Å²) in [6.07, 6.45) is 4.74. The highest BCUT2D eigenvalue weighted by atomic mass is 16.7. The second-order valence-corrected chi connectivity index (χ2v) is 6.72. The highest BCUT2D eigenvalue weighted by molar-refractivity contribution is 6.55. The van der Waals surface area contributed by atoms with Gasteiger partial charge in [0.1, 0.15) is 0 Å². The lowest BCUT2D eigenvalue weighted by Crippen LogP contribution is -2.41. The van der Waals surface area contributed by atoms with Crippen LogP contribution in [0.1, 0.15) is 53.9 Å². The fourth-order valence-corrected chi connectivity index (χ4v) is 2.45. The summed E-state index contributed by atoms with van der Waals surface area (Å²) < 4.78 is 23.6. The van der Waals surface area contributed by atoms with Gasteiger partial charge in [-0.2, -0.15) is 0 Å². The zero-order valence-corrected chi connectivity index (χ0v) is 13.9. The molecule has 118 valence electrons. The summed E-state index contributed by atoms with van der Waals surface area (Å²) in [5.41, 5.74) is 0.101. The summed E-state index contributed by atoms with van der Waals surface area (Å²) in [6.45, 7) is 14.7. The van der Waals surface area contributed by atoms with Gasteiger partial charge in [0, 0.05) is 11.9 Å². The molecule has 4 nitrogen and oxygen atoms in total. The molecule has 5 heteroatoms. The molecule has 1 atom stereocenters. The van der Waals surface area contributed by atoms with Crippen LogP contribution in [0.3, 0.4) is 0 Å². The first-order valence-electron chi connectivity index (χ1n) is 7.74. The van der Waals surface area contributed by atoms with E-state index >= 15 is 0 Å². The van der Waals surface area contributed by atoms with E-state index in [4.69, 9.17) is 18.8 Å². The summed E-state index contributed by atoms with van der Waals surface area (Å²) in [5.74, 6) is 0.760. The number of rotatable bonds is 4. The number of hydrogen-bond acceptors (Lipinski definition) is 4. The Hall–Kier alpha value is -0.775. The minimum Gasteiger partial charge on any atom is -0.470 e. The number of allylic oxidation sites excluding steroid dienone is 3. The molecule has 0 saturated carbocycles. The van der Waals surface area contributed by atoms with Gasteiger partial charge in [-0.15, -0.1) is 0 Å². The Labute approximate surface area is 128 Å². The molecular weight excluding hydrogens is 267 g/mol. The lowest BCUT2D eigenvalue weighted by Gasteiger charge is -2.32. The molecule has 1 unspecified atom stereocenters. The Morgan fingerprint density at radius 1 is 1.19 bits per heavy atom. The van der Waals surface area contributed by atoms with Gasteiger partial charge in [0.15, 0.2) is 6.29 Å². The maximum Gasteiger partial charge on any atom is 0.498 e. The lowest BCUT2D eigenvalue weighted by molar-refractivity contribution is -0.138. The van der Waals surface area contributed by atoms with Crippen LogP contribution in [0, 0.1) is 0 Å². The van der Waals surface area contributed by atoms with Crippen LogP contribution in [-0.4, -0.2) is 31.2 Å². The monoisotopic (exact) mass is 294 g/mol. The maximum absolute atomic E-state index is 6.06. The van der Waals surface area contributed by atoms with Crippen molar-refractivity contribution in [1.29, 1.82) is 0 Å². The molecule has 2 saturated heterocycles. The molecule has 21 heavy (non-hydrogen) atoms. The molecule has 0 spiro atoms. The van der Waals surface area contributed by atoms with Crippen molar-refractivity contribution in [1.82, 2.24) is 0 Å². The van der Waals surface area contributed by atoms with Gasteiger partial charge in [-0.3, -0.25) is 0 Å². The summed E-state index contributed by atoms with van der Waals surface area (Å²) in [7, 11) is -0.448. The van der Waals surface area contributed by atoms with Crippen LogP contribution >= 0.6 is 0 Å². The van der Waals surface area contributed by atoms with E-state index in [9.17, 15) is 0 Å². The zero-order chi connectivity index (χ0) is 15.7. The van der Waals surface area contributed by atoms with E-state index in [1.165, 1.54) is 0 Å². The minimum absolute atomic E-state index is 0.170. The van der Waals surface area contributed by atoms with Crippen molar-refractivity contribution in [2.24, 2.45) is 0 Å². The Balaban J connectivity index is 2.11. The molecule has 0 N–H and O–H groups in total. The van der Waals surface area contributed by atoms with Gasteiger partial charge in [-0.25, -0.2) is 0 Å². The second kappa shape index (κ2) is 6.15. The Morgan fingerprint density at radius 3 is 2.29 bits per heavy atom. The molecule has 0 aromatic heterocycles. The third kappa shape index (κ3) is 3.53. The molecule has 0 radical (unpaired) electrons. The molecule has 2 fully saturated rings. The predicted octanol–water partition coefficient (Wildman–Crippen LogP) is 3.62. The van der Waals surface area contributed by atoms with Crippen molar-refractivity contribution in [3.05, 3.63) is 23.9 Å². The average Bonchev–Trinajstić information content (AvgIpc) is 2.60. The fraction of sp³-hybridized carbons (Fsp3) is 0.750. The highest BCUT2D eigenvalue weighted by Gasteiger charge is 2.52. The van der Waals surface area contributed by atoms with Crippen LogP contribution in [0.15, 0.2) is 23.9 Å². The van der Waals surface area contributed by atoms with Crippen LogP contribution < -0.4 is 0 Å². The van der Waals surface area contributed by atoms with Crippen LogP contribution in [0.4, 0.5) is 0 Å². The Bertz CT molecular complexity index is 406. The van der Waals surface area contributed by atoms with Crippen molar-refractivity contribution < 1.29 is 18.8 Å². The van der Waals surface area contributed by atoms with E-state index in [0.29, 0.717) is 0 Å². The minimum atomic E-state index is -0.448. The molecule has 2 aliphatic heterocycles. The molecule has 2 aliphatic rings. The van der Waals surface area contributed by atoms with Crippen LogP contribution in [0.25, 0.3) is 0 Å². The van der Waals surface area contributed by atoms with Crippen LogP contribution in [0.5, 0.6) is 0 Å². The molecule has 0 aromatic carbocycles. The van der Waals surface area contributed by atoms with Crippen molar-refractivity contribution in [3.63, 3.8) is 0 Å². The normalized spacial score (nSPS) is 29.0. The van der Waals surface area contributed by atoms with Crippen molar-refractivity contribution >= 4 is 7.12 Å². The quantitative estimate of drug-likeness (QED) is 0.451. The second-order valence-electron chi connectivity index (χ2n) is 6.72. The predicted molar refractivity (Wildman–Crippen MR) is 83.7 cm³/mol. The van der Waals surface area contributed by atoms with E-state index < -0.39 is 7.12 Å². The van der Waals surface area contributed by atoms with Crippen LogP contribution in [0.2, 0.25) is 0 Å². The van der Waals surface area contributed by atoms with Crippen molar-refractivity contribution in [2.75, 3.05) is 6.61 Å². The number of hydrogen-bond donors (Lipinski definition) is 0. The molecule has 0 aliphatic carbocycles. The maximum atomic E-state index is 6.06. The molecule has 2 rings (SSSR count). The third-order valence-corrected chi connectivity index (χ3v) is 4.58. The molecule has 0 amide bonds. The first-order valence-corrected chi connectivity index (χ1v) is 7.74. The number of ether oxygens (including phenoxy) is 2. The van der Waals surface area contributed by atoms with E-state index in [2.05, 4.69) is 6.58 Å².